The molecule has 0 radical (unpaired) electrons. The van der Waals surface area contributed by atoms with E-state index in [-0.39, 0.29) is 0 Å². The van der Waals surface area contributed by atoms with Crippen molar-refractivity contribution in [3.8, 4) is 5.75 Å². The van der Waals surface area contributed by atoms with Crippen LogP contribution < -0.4 is 4.74 Å². The van der Waals surface area contributed by atoms with Gasteiger partial charge in [0.1, 0.15) is 5.75 Å². The topological polar surface area (TPSA) is 46.3 Å². The van der Waals surface area contributed by atoms with E-state index in [0.29, 0.717) is 5.70 Å². The van der Waals surface area contributed by atoms with Gasteiger partial charge >= 0.3 is 0 Å². The Bertz CT molecular complexity index is 979. The zero-order valence-corrected chi connectivity index (χ0v) is 15.7. The van der Waals surface area contributed by atoms with Crippen molar-refractivity contribution >= 4 is 22.9 Å². The largest absolute Gasteiger partial charge is 0.497 e. The fourth-order valence-electron chi connectivity index (χ4n) is 2.59. The third-order valence-corrected chi connectivity index (χ3v) is 4.10. The maximum Gasteiger partial charge on any atom is 0.154 e. The number of ether oxygens (including phenoxy) is 1. The van der Waals surface area contributed by atoms with Crippen LogP contribution in [0.5, 0.6) is 5.75 Å². The average molecular weight is 355 g/mol. The fraction of sp³-hybridized carbons (Fsp3) is 0.130. The molecule has 0 aliphatic rings. The smallest absolute Gasteiger partial charge is 0.154 e. The summed E-state index contributed by atoms with van der Waals surface area (Å²) in [4.78, 5) is 4.56. The van der Waals surface area contributed by atoms with Gasteiger partial charge in [0, 0.05) is 11.4 Å². The lowest BCUT2D eigenvalue weighted by Crippen LogP contribution is -1.83. The number of aliphatic imine (C=N–C) groups is 1. The van der Waals surface area contributed by atoms with E-state index in [0.717, 1.165) is 33.8 Å². The van der Waals surface area contributed by atoms with Crippen molar-refractivity contribution in [2.75, 3.05) is 7.11 Å². The fourth-order valence-corrected chi connectivity index (χ4v) is 2.59. The summed E-state index contributed by atoms with van der Waals surface area (Å²) < 4.78 is 5.17. The number of methoxy groups -OCH3 is 1. The van der Waals surface area contributed by atoms with Gasteiger partial charge in [-0.15, -0.1) is 10.2 Å². The normalized spacial score (nSPS) is 10.5. The molecule has 0 amide bonds. The first-order chi connectivity index (χ1) is 13.2. The van der Waals surface area contributed by atoms with Crippen molar-refractivity contribution in [2.45, 2.75) is 13.8 Å². The minimum Gasteiger partial charge on any atom is -0.497 e. The van der Waals surface area contributed by atoms with Crippen LogP contribution in [0.4, 0.5) is 11.4 Å². The molecule has 0 saturated carbocycles. The van der Waals surface area contributed by atoms with Crippen molar-refractivity contribution in [1.82, 2.24) is 0 Å². The predicted molar refractivity (Wildman–Crippen MR) is 110 cm³/mol. The number of azo groups is 1. The number of rotatable bonds is 5. The van der Waals surface area contributed by atoms with Gasteiger partial charge in [-0.25, -0.2) is 4.99 Å². The lowest BCUT2D eigenvalue weighted by atomic mass is 10.1. The van der Waals surface area contributed by atoms with E-state index < -0.39 is 0 Å². The van der Waals surface area contributed by atoms with E-state index in [9.17, 15) is 0 Å². The molecule has 0 aliphatic carbocycles. The Hall–Kier alpha value is -3.49. The van der Waals surface area contributed by atoms with Gasteiger partial charge in [-0.3, -0.25) is 0 Å². The van der Waals surface area contributed by atoms with Crippen LogP contribution in [0.25, 0.3) is 5.70 Å². The molecule has 0 bridgehead atoms. The summed E-state index contributed by atoms with van der Waals surface area (Å²) in [6.07, 6.45) is 0. The Labute approximate surface area is 159 Å². The number of hydrogen-bond acceptors (Lipinski definition) is 4. The van der Waals surface area contributed by atoms with Gasteiger partial charge < -0.3 is 4.74 Å². The second kappa shape index (κ2) is 8.75. The number of aryl methyl sites for hydroxylation is 2. The van der Waals surface area contributed by atoms with Crippen LogP contribution in [0.2, 0.25) is 0 Å². The predicted octanol–water partition coefficient (Wildman–Crippen LogP) is 6.44. The molecule has 3 aromatic carbocycles. The molecule has 0 atom stereocenters. The molecule has 0 heterocycles. The number of para-hydroxylation sites is 1. The van der Waals surface area contributed by atoms with Gasteiger partial charge in [-0.1, -0.05) is 48.5 Å². The molecule has 3 rings (SSSR count). The molecule has 3 aromatic rings. The highest BCUT2D eigenvalue weighted by Crippen LogP contribution is 2.24. The monoisotopic (exact) mass is 355 g/mol. The molecule has 0 aliphatic heterocycles. The Balaban J connectivity index is 2.01. The summed E-state index contributed by atoms with van der Waals surface area (Å²) >= 11 is 0. The first kappa shape index (κ1) is 18.3. The summed E-state index contributed by atoms with van der Waals surface area (Å²) in [5, 5.41) is 8.72. The van der Waals surface area contributed by atoms with Crippen LogP contribution in [-0.2, 0) is 0 Å². The minimum absolute atomic E-state index is 0.578. The van der Waals surface area contributed by atoms with Gasteiger partial charge in [0.25, 0.3) is 0 Å². The Kier molecular flexibility index (Phi) is 5.93. The zero-order valence-electron chi connectivity index (χ0n) is 15.7. The summed E-state index contributed by atoms with van der Waals surface area (Å²) in [6, 6.07) is 23.3. The molecular formula is C23H21N3O. The highest BCUT2D eigenvalue weighted by atomic mass is 16.5. The van der Waals surface area contributed by atoms with E-state index in [2.05, 4.69) is 21.1 Å². The molecule has 4 nitrogen and oxygen atoms in total. The van der Waals surface area contributed by atoms with Gasteiger partial charge in [-0.2, -0.15) is 0 Å². The van der Waals surface area contributed by atoms with Crippen molar-refractivity contribution < 1.29 is 4.74 Å². The maximum atomic E-state index is 5.17. The number of hydrogen-bond donors (Lipinski definition) is 0. The summed E-state index contributed by atoms with van der Waals surface area (Å²) in [5.74, 6) is 3.87. The first-order valence-corrected chi connectivity index (χ1v) is 8.68. The maximum absolute atomic E-state index is 5.17. The van der Waals surface area contributed by atoms with E-state index in [1.807, 2.05) is 86.6 Å². The van der Waals surface area contributed by atoms with Crippen LogP contribution >= 0.6 is 0 Å². The number of nitrogens with zero attached hydrogens (tertiary/aromatic N) is 3. The Morgan fingerprint density at radius 2 is 1.48 bits per heavy atom. The molecule has 0 saturated heterocycles. The van der Waals surface area contributed by atoms with Gasteiger partial charge in [0.15, 0.2) is 5.70 Å². The SMILES string of the molecule is COc1ccc(N=NC(=C=Nc2c(C)cccc2C)c2ccccc2)cc1. The van der Waals surface area contributed by atoms with Crippen LogP contribution in [-0.4, -0.2) is 13.0 Å². The molecule has 134 valence electrons. The average Bonchev–Trinajstić information content (AvgIpc) is 2.71. The van der Waals surface area contributed by atoms with Crippen molar-refractivity contribution in [2.24, 2.45) is 15.2 Å². The van der Waals surface area contributed by atoms with Crippen LogP contribution in [0.1, 0.15) is 16.7 Å². The van der Waals surface area contributed by atoms with E-state index in [4.69, 9.17) is 4.74 Å². The second-order valence-corrected chi connectivity index (χ2v) is 6.08. The highest BCUT2D eigenvalue weighted by molar-refractivity contribution is 5.90. The standard InChI is InChI=1S/C23H21N3O/c1-17-8-7-9-18(2)23(17)24-16-22(19-10-5-4-6-11-19)26-25-20-12-14-21(27-3)15-13-20/h4-15H,1-3H3. The van der Waals surface area contributed by atoms with Gasteiger partial charge in [0.2, 0.25) is 0 Å². The van der Waals surface area contributed by atoms with E-state index >= 15 is 0 Å². The number of benzene rings is 3. The van der Waals surface area contributed by atoms with Crippen LogP contribution in [0.3, 0.4) is 0 Å². The molecule has 4 heteroatoms. The van der Waals surface area contributed by atoms with E-state index in [1.165, 1.54) is 0 Å². The molecule has 0 spiro atoms. The lowest BCUT2D eigenvalue weighted by molar-refractivity contribution is 0.415. The van der Waals surface area contributed by atoms with E-state index in [1.54, 1.807) is 7.11 Å². The Morgan fingerprint density at radius 1 is 0.815 bits per heavy atom. The third kappa shape index (κ3) is 4.78. The molecule has 0 fully saturated rings. The third-order valence-electron chi connectivity index (χ3n) is 4.10. The first-order valence-electron chi connectivity index (χ1n) is 8.68. The lowest BCUT2D eigenvalue weighted by Gasteiger charge is -2.02. The quantitative estimate of drug-likeness (QED) is 0.384. The summed E-state index contributed by atoms with van der Waals surface area (Å²) in [6.45, 7) is 4.07. The molecule has 0 unspecified atom stereocenters. The van der Waals surface area contributed by atoms with Gasteiger partial charge in [-0.05, 0) is 49.2 Å². The highest BCUT2D eigenvalue weighted by Gasteiger charge is 2.02. The summed E-state index contributed by atoms with van der Waals surface area (Å²) in [7, 11) is 1.64. The van der Waals surface area contributed by atoms with Crippen LogP contribution in [0, 0.1) is 13.8 Å². The minimum atomic E-state index is 0.578. The molecule has 0 aromatic heterocycles. The van der Waals surface area contributed by atoms with Crippen molar-refractivity contribution in [1.29, 1.82) is 0 Å². The van der Waals surface area contributed by atoms with Crippen LogP contribution in [0.15, 0.2) is 88.0 Å². The molecule has 27 heavy (non-hydrogen) atoms. The van der Waals surface area contributed by atoms with Crippen molar-refractivity contribution in [3.05, 3.63) is 89.5 Å². The Morgan fingerprint density at radius 3 is 2.11 bits per heavy atom. The molecular weight excluding hydrogens is 334 g/mol. The summed E-state index contributed by atoms with van der Waals surface area (Å²) in [5.41, 5.74) is 5.33. The second-order valence-electron chi connectivity index (χ2n) is 6.08. The molecule has 0 N–H and O–H groups in total. The zero-order chi connectivity index (χ0) is 19.1. The van der Waals surface area contributed by atoms with Gasteiger partial charge in [0.05, 0.1) is 18.5 Å². The van der Waals surface area contributed by atoms with Crippen molar-refractivity contribution in [3.63, 3.8) is 0 Å².